The maximum atomic E-state index is 12.2. The highest BCUT2D eigenvalue weighted by atomic mass is 32.2. The molecular weight excluding hydrogens is 260 g/mol. The van der Waals surface area contributed by atoms with Crippen LogP contribution >= 0.6 is 11.8 Å². The molecule has 110 valence electrons. The Bertz CT molecular complexity index is 317. The van der Waals surface area contributed by atoms with Crippen molar-refractivity contribution in [2.45, 2.75) is 50.4 Å². The van der Waals surface area contributed by atoms with Crippen molar-refractivity contribution in [1.29, 1.82) is 0 Å². The number of nitrogens with one attached hydrogen (secondary N) is 1. The van der Waals surface area contributed by atoms with Crippen molar-refractivity contribution in [1.82, 2.24) is 10.2 Å². The topological polar surface area (TPSA) is 52.6 Å². The van der Waals surface area contributed by atoms with Crippen molar-refractivity contribution in [3.63, 3.8) is 0 Å². The van der Waals surface area contributed by atoms with E-state index in [1.165, 1.54) is 18.6 Å². The van der Waals surface area contributed by atoms with Crippen LogP contribution in [-0.4, -0.2) is 52.3 Å². The summed E-state index contributed by atoms with van der Waals surface area (Å²) in [5.74, 6) is 1.44. The van der Waals surface area contributed by atoms with Crippen molar-refractivity contribution in [3.05, 3.63) is 0 Å². The van der Waals surface area contributed by atoms with E-state index in [0.717, 1.165) is 25.9 Å². The fourth-order valence-corrected chi connectivity index (χ4v) is 4.18. The minimum Gasteiger partial charge on any atom is -0.393 e. The van der Waals surface area contributed by atoms with Crippen LogP contribution < -0.4 is 5.32 Å². The van der Waals surface area contributed by atoms with E-state index >= 15 is 0 Å². The third kappa shape index (κ3) is 4.02. The van der Waals surface area contributed by atoms with Gasteiger partial charge in [0, 0.05) is 30.3 Å². The number of hydrogen-bond donors (Lipinski definition) is 2. The summed E-state index contributed by atoms with van der Waals surface area (Å²) in [5, 5.41) is 12.7. The minimum atomic E-state index is -0.321. The standard InChI is InChI=1S/C14H26N2O2S/c1-11(17)12-5-3-7-16(9-12)13(18)15-10-14(2)6-4-8-19-14/h11-12,17H,3-10H2,1-2H3,(H,15,18). The largest absolute Gasteiger partial charge is 0.393 e. The minimum absolute atomic E-state index is 0.0408. The zero-order chi connectivity index (χ0) is 13.9. The first-order valence-corrected chi connectivity index (χ1v) is 8.33. The monoisotopic (exact) mass is 286 g/mol. The summed E-state index contributed by atoms with van der Waals surface area (Å²) in [6, 6.07) is 0.0408. The van der Waals surface area contributed by atoms with Gasteiger partial charge in [-0.2, -0.15) is 11.8 Å². The predicted molar refractivity (Wildman–Crippen MR) is 79.5 cm³/mol. The summed E-state index contributed by atoms with van der Waals surface area (Å²) < 4.78 is 0.217. The second kappa shape index (κ2) is 6.35. The van der Waals surface area contributed by atoms with Gasteiger partial charge in [0.05, 0.1) is 6.10 Å². The van der Waals surface area contributed by atoms with Crippen LogP contribution in [-0.2, 0) is 0 Å². The molecule has 3 atom stereocenters. The van der Waals surface area contributed by atoms with Crippen LogP contribution in [0.1, 0.15) is 39.5 Å². The van der Waals surface area contributed by atoms with Crippen molar-refractivity contribution in [2.75, 3.05) is 25.4 Å². The molecule has 3 unspecified atom stereocenters. The van der Waals surface area contributed by atoms with Crippen molar-refractivity contribution >= 4 is 17.8 Å². The average molecular weight is 286 g/mol. The number of nitrogens with zero attached hydrogens (tertiary/aromatic N) is 1. The Kier molecular flexibility index (Phi) is 5.01. The molecule has 0 bridgehead atoms. The van der Waals surface area contributed by atoms with Crippen LogP contribution in [0.15, 0.2) is 0 Å². The van der Waals surface area contributed by atoms with Crippen LogP contribution in [0, 0.1) is 5.92 Å². The molecule has 0 aliphatic carbocycles. The SMILES string of the molecule is CC(O)C1CCCN(C(=O)NCC2(C)CCCS2)C1. The number of thioether (sulfide) groups is 1. The number of piperidine rings is 1. The van der Waals surface area contributed by atoms with E-state index in [-0.39, 0.29) is 22.8 Å². The molecule has 2 amide bonds. The Morgan fingerprint density at radius 1 is 1.58 bits per heavy atom. The highest BCUT2D eigenvalue weighted by molar-refractivity contribution is 8.00. The predicted octanol–water partition coefficient (Wildman–Crippen LogP) is 2.07. The van der Waals surface area contributed by atoms with E-state index in [2.05, 4.69) is 12.2 Å². The van der Waals surface area contributed by atoms with Crippen LogP contribution in [0.3, 0.4) is 0 Å². The van der Waals surface area contributed by atoms with E-state index in [0.29, 0.717) is 6.54 Å². The molecule has 2 rings (SSSR count). The number of hydrogen-bond acceptors (Lipinski definition) is 3. The van der Waals surface area contributed by atoms with Gasteiger partial charge in [-0.15, -0.1) is 0 Å². The highest BCUT2D eigenvalue weighted by Crippen LogP contribution is 2.37. The van der Waals surface area contributed by atoms with Gasteiger partial charge in [-0.05, 0) is 45.3 Å². The van der Waals surface area contributed by atoms with E-state index in [1.807, 2.05) is 23.6 Å². The molecule has 0 aromatic heterocycles. The van der Waals surface area contributed by atoms with Gasteiger partial charge >= 0.3 is 6.03 Å². The van der Waals surface area contributed by atoms with Crippen LogP contribution in [0.25, 0.3) is 0 Å². The summed E-state index contributed by atoms with van der Waals surface area (Å²) in [6.45, 7) is 6.32. The third-order valence-electron chi connectivity index (χ3n) is 4.34. The quantitative estimate of drug-likeness (QED) is 0.835. The van der Waals surface area contributed by atoms with Gasteiger partial charge in [-0.25, -0.2) is 4.79 Å². The molecule has 2 N–H and O–H groups in total. The normalized spacial score (nSPS) is 33.2. The molecule has 0 spiro atoms. The van der Waals surface area contributed by atoms with Crippen LogP contribution in [0.4, 0.5) is 4.79 Å². The Balaban J connectivity index is 1.79. The lowest BCUT2D eigenvalue weighted by molar-refractivity contribution is 0.0738. The zero-order valence-electron chi connectivity index (χ0n) is 12.0. The maximum Gasteiger partial charge on any atom is 0.317 e. The number of likely N-dealkylation sites (tertiary alicyclic amines) is 1. The van der Waals surface area contributed by atoms with E-state index < -0.39 is 0 Å². The number of urea groups is 1. The van der Waals surface area contributed by atoms with Crippen molar-refractivity contribution in [3.8, 4) is 0 Å². The molecule has 4 nitrogen and oxygen atoms in total. The van der Waals surface area contributed by atoms with Crippen molar-refractivity contribution in [2.24, 2.45) is 5.92 Å². The van der Waals surface area contributed by atoms with Gasteiger partial charge in [-0.3, -0.25) is 0 Å². The lowest BCUT2D eigenvalue weighted by Crippen LogP contribution is -2.49. The number of aliphatic hydroxyl groups is 1. The Labute approximate surface area is 120 Å². The molecule has 0 aromatic carbocycles. The smallest absolute Gasteiger partial charge is 0.317 e. The lowest BCUT2D eigenvalue weighted by atomic mass is 9.94. The number of carbonyl (C=O) groups excluding carboxylic acids is 1. The number of amides is 2. The summed E-state index contributed by atoms with van der Waals surface area (Å²) in [7, 11) is 0. The first-order chi connectivity index (χ1) is 9.00. The second-order valence-electron chi connectivity index (χ2n) is 6.15. The van der Waals surface area contributed by atoms with Gasteiger partial charge in [-0.1, -0.05) is 0 Å². The fraction of sp³-hybridized carbons (Fsp3) is 0.929. The molecule has 0 radical (unpaired) electrons. The summed E-state index contributed by atoms with van der Waals surface area (Å²) in [5.41, 5.74) is 0. The molecule has 2 saturated heterocycles. The zero-order valence-corrected chi connectivity index (χ0v) is 12.8. The van der Waals surface area contributed by atoms with Crippen molar-refractivity contribution < 1.29 is 9.90 Å². The third-order valence-corrected chi connectivity index (χ3v) is 5.88. The number of aliphatic hydroxyl groups excluding tert-OH is 1. The molecule has 2 aliphatic rings. The first-order valence-electron chi connectivity index (χ1n) is 7.35. The van der Waals surface area contributed by atoms with Crippen LogP contribution in [0.2, 0.25) is 0 Å². The van der Waals surface area contributed by atoms with Gasteiger partial charge in [0.2, 0.25) is 0 Å². The number of rotatable bonds is 3. The fourth-order valence-electron chi connectivity index (χ4n) is 2.94. The van der Waals surface area contributed by atoms with E-state index in [4.69, 9.17) is 0 Å². The Morgan fingerprint density at radius 3 is 3.00 bits per heavy atom. The highest BCUT2D eigenvalue weighted by Gasteiger charge is 2.31. The maximum absolute atomic E-state index is 12.2. The van der Waals surface area contributed by atoms with Crippen LogP contribution in [0.5, 0.6) is 0 Å². The molecule has 2 heterocycles. The molecule has 5 heteroatoms. The van der Waals surface area contributed by atoms with E-state index in [1.54, 1.807) is 0 Å². The summed E-state index contributed by atoms with van der Waals surface area (Å²) >= 11 is 1.97. The second-order valence-corrected chi connectivity index (χ2v) is 7.83. The molecule has 0 aromatic rings. The van der Waals surface area contributed by atoms with E-state index in [9.17, 15) is 9.90 Å². The summed E-state index contributed by atoms with van der Waals surface area (Å²) in [6.07, 6.45) is 4.14. The molecule has 2 fully saturated rings. The first kappa shape index (κ1) is 15.0. The molecular formula is C14H26N2O2S. The Hall–Kier alpha value is -0.420. The molecule has 0 saturated carbocycles. The average Bonchev–Trinajstić information content (AvgIpc) is 2.83. The van der Waals surface area contributed by atoms with Gasteiger partial charge in [0.1, 0.15) is 0 Å². The molecule has 2 aliphatic heterocycles. The van der Waals surface area contributed by atoms with Gasteiger partial charge < -0.3 is 15.3 Å². The number of carbonyl (C=O) groups is 1. The Morgan fingerprint density at radius 2 is 2.37 bits per heavy atom. The summed E-state index contributed by atoms with van der Waals surface area (Å²) in [4.78, 5) is 14.1. The van der Waals surface area contributed by atoms with Gasteiger partial charge in [0.25, 0.3) is 0 Å². The van der Waals surface area contributed by atoms with Gasteiger partial charge in [0.15, 0.2) is 0 Å². The lowest BCUT2D eigenvalue weighted by Gasteiger charge is -2.35. The molecule has 19 heavy (non-hydrogen) atoms.